The minimum Gasteiger partial charge on any atom is -0.349 e. The number of rotatable bonds is 7. The Morgan fingerprint density at radius 1 is 1.15 bits per heavy atom. The molecule has 0 saturated carbocycles. The number of nitrogens with zero attached hydrogens (tertiary/aromatic N) is 2. The van der Waals surface area contributed by atoms with E-state index in [-0.39, 0.29) is 5.91 Å². The molecule has 2 aromatic carbocycles. The van der Waals surface area contributed by atoms with Gasteiger partial charge in [-0.3, -0.25) is 4.79 Å². The fourth-order valence-electron chi connectivity index (χ4n) is 2.94. The van der Waals surface area contributed by atoms with Gasteiger partial charge in [-0.1, -0.05) is 18.2 Å². The highest BCUT2D eigenvalue weighted by molar-refractivity contribution is 7.99. The van der Waals surface area contributed by atoms with E-state index in [1.54, 1.807) is 11.8 Å². The van der Waals surface area contributed by atoms with Crippen LogP contribution in [0.2, 0.25) is 0 Å². The van der Waals surface area contributed by atoms with Gasteiger partial charge in [0.05, 0.1) is 17.6 Å². The number of aromatic nitrogens is 2. The van der Waals surface area contributed by atoms with Crippen LogP contribution in [0.3, 0.4) is 0 Å². The lowest BCUT2D eigenvalue weighted by Crippen LogP contribution is -2.24. The molecule has 1 amide bonds. The predicted octanol–water partition coefficient (Wildman–Crippen LogP) is 4.47. The van der Waals surface area contributed by atoms with Crippen LogP contribution in [-0.2, 0) is 17.9 Å². The first kappa shape index (κ1) is 18.5. The number of imidazole rings is 1. The molecule has 0 saturated heterocycles. The Balaban J connectivity index is 1.52. The van der Waals surface area contributed by atoms with Crippen molar-refractivity contribution in [1.82, 2.24) is 14.9 Å². The molecule has 1 heterocycles. The third-order valence-electron chi connectivity index (χ3n) is 4.57. The van der Waals surface area contributed by atoms with Crippen LogP contribution in [0.5, 0.6) is 0 Å². The average Bonchev–Trinajstić information content (AvgIpc) is 3.00. The third kappa shape index (κ3) is 4.28. The van der Waals surface area contributed by atoms with Crippen molar-refractivity contribution >= 4 is 28.7 Å². The minimum absolute atomic E-state index is 0.0658. The molecular weight excluding hydrogens is 342 g/mol. The van der Waals surface area contributed by atoms with Gasteiger partial charge in [0.2, 0.25) is 5.91 Å². The summed E-state index contributed by atoms with van der Waals surface area (Å²) in [5, 5.41) is 3.01. The molecule has 1 N–H and O–H groups in total. The standard InChI is InChI=1S/C21H25N3OS/c1-4-24-19-8-6-5-7-18(19)23-20(24)14-22-21(25)11-12-26-17-10-9-15(2)16(3)13-17/h5-10,13H,4,11-12,14H2,1-3H3,(H,22,25). The Bertz CT molecular complexity index is 917. The van der Waals surface area contributed by atoms with Crippen molar-refractivity contribution in [1.29, 1.82) is 0 Å². The van der Waals surface area contributed by atoms with Crippen LogP contribution >= 0.6 is 11.8 Å². The molecule has 4 nitrogen and oxygen atoms in total. The molecule has 0 atom stereocenters. The van der Waals surface area contributed by atoms with Crippen molar-refractivity contribution in [3.8, 4) is 0 Å². The van der Waals surface area contributed by atoms with Crippen molar-refractivity contribution in [2.75, 3.05) is 5.75 Å². The fourth-order valence-corrected chi connectivity index (χ4v) is 3.89. The molecular formula is C21H25N3OS. The zero-order chi connectivity index (χ0) is 18.5. The third-order valence-corrected chi connectivity index (χ3v) is 5.57. The zero-order valence-electron chi connectivity index (χ0n) is 15.6. The molecule has 0 unspecified atom stereocenters. The van der Waals surface area contributed by atoms with E-state index in [0.29, 0.717) is 13.0 Å². The molecule has 0 aliphatic heterocycles. The fraction of sp³-hybridized carbons (Fsp3) is 0.333. The number of thioether (sulfide) groups is 1. The van der Waals surface area contributed by atoms with E-state index in [1.807, 2.05) is 18.2 Å². The smallest absolute Gasteiger partial charge is 0.221 e. The number of benzene rings is 2. The number of hydrogen-bond acceptors (Lipinski definition) is 3. The first-order valence-electron chi connectivity index (χ1n) is 8.99. The van der Waals surface area contributed by atoms with Crippen LogP contribution in [0.15, 0.2) is 47.4 Å². The molecule has 0 aliphatic carbocycles. The molecule has 5 heteroatoms. The Morgan fingerprint density at radius 2 is 1.96 bits per heavy atom. The second kappa shape index (κ2) is 8.41. The van der Waals surface area contributed by atoms with Gasteiger partial charge in [-0.2, -0.15) is 0 Å². The van der Waals surface area contributed by atoms with Crippen molar-refractivity contribution < 1.29 is 4.79 Å². The number of carbonyl (C=O) groups is 1. The monoisotopic (exact) mass is 367 g/mol. The van der Waals surface area contributed by atoms with E-state index in [9.17, 15) is 4.79 Å². The number of aryl methyl sites for hydroxylation is 3. The summed E-state index contributed by atoms with van der Waals surface area (Å²) in [7, 11) is 0. The molecule has 26 heavy (non-hydrogen) atoms. The summed E-state index contributed by atoms with van der Waals surface area (Å²) in [6, 6.07) is 14.5. The maximum absolute atomic E-state index is 12.2. The van der Waals surface area contributed by atoms with Crippen LogP contribution < -0.4 is 5.32 Å². The molecule has 0 aliphatic rings. The molecule has 3 aromatic rings. The van der Waals surface area contributed by atoms with Gasteiger partial charge in [0.1, 0.15) is 5.82 Å². The van der Waals surface area contributed by atoms with Crippen LogP contribution in [0.4, 0.5) is 0 Å². The summed E-state index contributed by atoms with van der Waals surface area (Å²) in [6.45, 7) is 7.64. The Hall–Kier alpha value is -2.27. The molecule has 1 aromatic heterocycles. The largest absolute Gasteiger partial charge is 0.349 e. The van der Waals surface area contributed by atoms with E-state index in [1.165, 1.54) is 16.0 Å². The highest BCUT2D eigenvalue weighted by Crippen LogP contribution is 2.21. The lowest BCUT2D eigenvalue weighted by Gasteiger charge is -2.08. The SMILES string of the molecule is CCn1c(CNC(=O)CCSc2ccc(C)c(C)c2)nc2ccccc21. The van der Waals surface area contributed by atoms with Crippen LogP contribution in [-0.4, -0.2) is 21.2 Å². The lowest BCUT2D eigenvalue weighted by atomic mass is 10.1. The van der Waals surface area contributed by atoms with Crippen molar-refractivity contribution in [2.45, 2.75) is 45.2 Å². The molecule has 3 rings (SSSR count). The number of nitrogens with one attached hydrogen (secondary N) is 1. The maximum Gasteiger partial charge on any atom is 0.221 e. The van der Waals surface area contributed by atoms with Crippen LogP contribution in [0.25, 0.3) is 11.0 Å². The van der Waals surface area contributed by atoms with Gasteiger partial charge in [-0.15, -0.1) is 11.8 Å². The van der Waals surface area contributed by atoms with Crippen molar-refractivity contribution in [2.24, 2.45) is 0 Å². The van der Waals surface area contributed by atoms with Gasteiger partial charge in [0, 0.05) is 23.6 Å². The predicted molar refractivity (Wildman–Crippen MR) is 109 cm³/mol. The van der Waals surface area contributed by atoms with E-state index in [4.69, 9.17) is 0 Å². The first-order valence-corrected chi connectivity index (χ1v) is 9.98. The van der Waals surface area contributed by atoms with Crippen molar-refractivity contribution in [3.05, 3.63) is 59.4 Å². The van der Waals surface area contributed by atoms with Gasteiger partial charge < -0.3 is 9.88 Å². The van der Waals surface area contributed by atoms with Crippen molar-refractivity contribution in [3.63, 3.8) is 0 Å². The Morgan fingerprint density at radius 3 is 2.73 bits per heavy atom. The number of hydrogen-bond donors (Lipinski definition) is 1. The maximum atomic E-state index is 12.2. The Kier molecular flexibility index (Phi) is 5.99. The minimum atomic E-state index is 0.0658. The number of fused-ring (bicyclic) bond motifs is 1. The van der Waals surface area contributed by atoms with Crippen LogP contribution in [0, 0.1) is 13.8 Å². The van der Waals surface area contributed by atoms with Gasteiger partial charge >= 0.3 is 0 Å². The van der Waals surface area contributed by atoms with Gasteiger partial charge in [-0.05, 0) is 56.2 Å². The summed E-state index contributed by atoms with van der Waals surface area (Å²) in [5.41, 5.74) is 4.68. The first-order chi connectivity index (χ1) is 12.6. The summed E-state index contributed by atoms with van der Waals surface area (Å²) in [4.78, 5) is 18.0. The summed E-state index contributed by atoms with van der Waals surface area (Å²) >= 11 is 1.72. The quantitative estimate of drug-likeness (QED) is 0.627. The average molecular weight is 368 g/mol. The molecule has 0 fully saturated rings. The second-order valence-corrected chi connectivity index (χ2v) is 7.55. The number of amides is 1. The summed E-state index contributed by atoms with van der Waals surface area (Å²) in [5.74, 6) is 1.75. The van der Waals surface area contributed by atoms with E-state index in [0.717, 1.165) is 29.2 Å². The molecule has 0 radical (unpaired) electrons. The van der Waals surface area contributed by atoms with Gasteiger partial charge in [0.25, 0.3) is 0 Å². The molecule has 136 valence electrons. The van der Waals surface area contributed by atoms with E-state index < -0.39 is 0 Å². The highest BCUT2D eigenvalue weighted by Gasteiger charge is 2.10. The van der Waals surface area contributed by atoms with Crippen LogP contribution in [0.1, 0.15) is 30.3 Å². The van der Waals surface area contributed by atoms with E-state index in [2.05, 4.69) is 59.9 Å². The molecule has 0 bridgehead atoms. The topological polar surface area (TPSA) is 46.9 Å². The highest BCUT2D eigenvalue weighted by atomic mass is 32.2. The zero-order valence-corrected chi connectivity index (χ0v) is 16.4. The normalized spacial score (nSPS) is 11.0. The van der Waals surface area contributed by atoms with Gasteiger partial charge in [0.15, 0.2) is 0 Å². The van der Waals surface area contributed by atoms with Gasteiger partial charge in [-0.25, -0.2) is 4.98 Å². The number of carbonyl (C=O) groups excluding carboxylic acids is 1. The summed E-state index contributed by atoms with van der Waals surface area (Å²) in [6.07, 6.45) is 0.504. The number of para-hydroxylation sites is 2. The lowest BCUT2D eigenvalue weighted by molar-refractivity contribution is -0.120. The Labute approximate surface area is 159 Å². The second-order valence-electron chi connectivity index (χ2n) is 6.38. The molecule has 0 spiro atoms. The van der Waals surface area contributed by atoms with E-state index >= 15 is 0 Å². The summed E-state index contributed by atoms with van der Waals surface area (Å²) < 4.78 is 2.15.